The number of carbonyl (C=O) groups excluding carboxylic acids is 1. The molecule has 0 heterocycles. The predicted octanol–water partition coefficient (Wildman–Crippen LogP) is 1.47. The van der Waals surface area contributed by atoms with Gasteiger partial charge in [0.2, 0.25) is 5.91 Å². The lowest BCUT2D eigenvalue weighted by molar-refractivity contribution is -0.120. The zero-order valence-corrected chi connectivity index (χ0v) is 9.64. The summed E-state index contributed by atoms with van der Waals surface area (Å²) in [6, 6.07) is 7.97. The van der Waals surface area contributed by atoms with E-state index in [4.69, 9.17) is 5.84 Å². The summed E-state index contributed by atoms with van der Waals surface area (Å²) in [6.45, 7) is 2.12. The molecule has 15 heavy (non-hydrogen) atoms. The normalized spacial score (nSPS) is 10.0. The summed E-state index contributed by atoms with van der Waals surface area (Å²) in [4.78, 5) is 11.2. The average Bonchev–Trinajstić information content (AvgIpc) is 2.28. The summed E-state index contributed by atoms with van der Waals surface area (Å²) in [6.07, 6.45) is 0.358. The maximum Gasteiger partial charge on any atom is 0.238 e. The van der Waals surface area contributed by atoms with Crippen LogP contribution < -0.4 is 11.3 Å². The Morgan fingerprint density at radius 2 is 2.07 bits per heavy atom. The maximum atomic E-state index is 11.2. The highest BCUT2D eigenvalue weighted by atomic mass is 32.2. The van der Waals surface area contributed by atoms with Crippen molar-refractivity contribution in [3.63, 3.8) is 0 Å². The summed E-state index contributed by atoms with van der Waals surface area (Å²) < 4.78 is 0. The standard InChI is InChI=1S/C11H16N2OS/c1-2-15-8-10-6-4-3-5-9(10)7-11(14)13-12/h3-6H,2,7-8,12H2,1H3,(H,13,14). The van der Waals surface area contributed by atoms with Gasteiger partial charge < -0.3 is 0 Å². The second kappa shape index (κ2) is 6.48. The van der Waals surface area contributed by atoms with Crippen molar-refractivity contribution in [2.75, 3.05) is 5.75 Å². The Morgan fingerprint density at radius 3 is 2.67 bits per heavy atom. The van der Waals surface area contributed by atoms with Gasteiger partial charge in [-0.15, -0.1) is 0 Å². The fourth-order valence-corrected chi connectivity index (χ4v) is 2.01. The summed E-state index contributed by atoms with van der Waals surface area (Å²) >= 11 is 1.85. The van der Waals surface area contributed by atoms with Crippen LogP contribution in [-0.2, 0) is 17.0 Å². The molecular formula is C11H16N2OS. The van der Waals surface area contributed by atoms with Gasteiger partial charge in [-0.2, -0.15) is 11.8 Å². The van der Waals surface area contributed by atoms with Crippen LogP contribution >= 0.6 is 11.8 Å². The molecule has 0 saturated heterocycles. The van der Waals surface area contributed by atoms with Crippen LogP contribution in [0.2, 0.25) is 0 Å². The first-order chi connectivity index (χ1) is 7.27. The van der Waals surface area contributed by atoms with Gasteiger partial charge in [-0.3, -0.25) is 10.2 Å². The fourth-order valence-electron chi connectivity index (χ4n) is 1.31. The largest absolute Gasteiger partial charge is 0.294 e. The van der Waals surface area contributed by atoms with E-state index in [0.717, 1.165) is 17.1 Å². The van der Waals surface area contributed by atoms with E-state index in [1.165, 1.54) is 5.56 Å². The summed E-state index contributed by atoms with van der Waals surface area (Å²) in [5.74, 6) is 6.95. The summed E-state index contributed by atoms with van der Waals surface area (Å²) in [7, 11) is 0. The van der Waals surface area contributed by atoms with E-state index >= 15 is 0 Å². The van der Waals surface area contributed by atoms with Crippen molar-refractivity contribution in [1.82, 2.24) is 5.43 Å². The molecule has 3 N–H and O–H groups in total. The summed E-state index contributed by atoms with van der Waals surface area (Å²) in [5, 5.41) is 0. The zero-order valence-electron chi connectivity index (χ0n) is 8.82. The Balaban J connectivity index is 2.72. The SMILES string of the molecule is CCSCc1ccccc1CC(=O)NN. The number of nitrogens with two attached hydrogens (primary N) is 1. The van der Waals surface area contributed by atoms with Crippen molar-refractivity contribution in [2.24, 2.45) is 5.84 Å². The number of thioether (sulfide) groups is 1. The number of rotatable bonds is 5. The minimum atomic E-state index is -0.149. The van der Waals surface area contributed by atoms with Crippen LogP contribution in [0.15, 0.2) is 24.3 Å². The van der Waals surface area contributed by atoms with Crippen LogP contribution in [0.3, 0.4) is 0 Å². The third kappa shape index (κ3) is 3.93. The van der Waals surface area contributed by atoms with Gasteiger partial charge in [-0.05, 0) is 16.9 Å². The average molecular weight is 224 g/mol. The van der Waals surface area contributed by atoms with Crippen LogP contribution in [0.4, 0.5) is 0 Å². The molecule has 0 unspecified atom stereocenters. The Hall–Kier alpha value is -1.00. The monoisotopic (exact) mass is 224 g/mol. The second-order valence-corrected chi connectivity index (χ2v) is 4.42. The van der Waals surface area contributed by atoms with E-state index < -0.39 is 0 Å². The molecule has 0 fully saturated rings. The Bertz CT molecular complexity index is 328. The second-order valence-electron chi connectivity index (χ2n) is 3.15. The van der Waals surface area contributed by atoms with Gasteiger partial charge in [0.25, 0.3) is 0 Å². The predicted molar refractivity (Wildman–Crippen MR) is 64.3 cm³/mol. The number of hydrazine groups is 1. The number of nitrogens with one attached hydrogen (secondary N) is 1. The number of hydrogen-bond donors (Lipinski definition) is 2. The number of amides is 1. The van der Waals surface area contributed by atoms with Gasteiger partial charge in [0.1, 0.15) is 0 Å². The first-order valence-corrected chi connectivity index (χ1v) is 6.07. The van der Waals surface area contributed by atoms with E-state index in [9.17, 15) is 4.79 Å². The van der Waals surface area contributed by atoms with Gasteiger partial charge in [-0.1, -0.05) is 31.2 Å². The van der Waals surface area contributed by atoms with E-state index in [-0.39, 0.29) is 5.91 Å². The lowest BCUT2D eigenvalue weighted by Gasteiger charge is -2.07. The van der Waals surface area contributed by atoms with Gasteiger partial charge >= 0.3 is 0 Å². The first kappa shape index (κ1) is 12.1. The van der Waals surface area contributed by atoms with E-state index in [1.54, 1.807) is 0 Å². The molecule has 0 saturated carbocycles. The molecule has 3 nitrogen and oxygen atoms in total. The lowest BCUT2D eigenvalue weighted by atomic mass is 10.1. The van der Waals surface area contributed by atoms with Crippen molar-refractivity contribution in [2.45, 2.75) is 19.1 Å². The van der Waals surface area contributed by atoms with Crippen molar-refractivity contribution in [3.05, 3.63) is 35.4 Å². The molecule has 0 aliphatic rings. The molecule has 1 aromatic rings. The number of carbonyl (C=O) groups is 1. The van der Waals surface area contributed by atoms with E-state index in [2.05, 4.69) is 18.4 Å². The Kier molecular flexibility index (Phi) is 5.21. The molecule has 0 aromatic heterocycles. The molecule has 1 aromatic carbocycles. The van der Waals surface area contributed by atoms with Gasteiger partial charge in [0, 0.05) is 5.75 Å². The summed E-state index contributed by atoms with van der Waals surface area (Å²) in [5.41, 5.74) is 4.42. The number of benzene rings is 1. The first-order valence-electron chi connectivity index (χ1n) is 4.92. The molecule has 0 radical (unpaired) electrons. The van der Waals surface area contributed by atoms with Crippen molar-refractivity contribution in [1.29, 1.82) is 0 Å². The Labute approximate surface area is 94.4 Å². The highest BCUT2D eigenvalue weighted by Crippen LogP contribution is 2.16. The smallest absolute Gasteiger partial charge is 0.238 e. The van der Waals surface area contributed by atoms with Gasteiger partial charge in [0.05, 0.1) is 6.42 Å². The molecule has 0 spiro atoms. The van der Waals surface area contributed by atoms with Crippen molar-refractivity contribution in [3.8, 4) is 0 Å². The van der Waals surface area contributed by atoms with Crippen LogP contribution in [0.1, 0.15) is 18.1 Å². The third-order valence-electron chi connectivity index (χ3n) is 2.09. The molecule has 1 rings (SSSR count). The minimum Gasteiger partial charge on any atom is -0.294 e. The molecule has 82 valence electrons. The lowest BCUT2D eigenvalue weighted by Crippen LogP contribution is -2.31. The third-order valence-corrected chi connectivity index (χ3v) is 3.02. The van der Waals surface area contributed by atoms with E-state index in [0.29, 0.717) is 6.42 Å². The molecule has 1 amide bonds. The van der Waals surface area contributed by atoms with Crippen LogP contribution in [0, 0.1) is 0 Å². The van der Waals surface area contributed by atoms with Crippen LogP contribution in [0.25, 0.3) is 0 Å². The fraction of sp³-hybridized carbons (Fsp3) is 0.364. The molecule has 0 bridgehead atoms. The minimum absolute atomic E-state index is 0.149. The highest BCUT2D eigenvalue weighted by molar-refractivity contribution is 7.98. The van der Waals surface area contributed by atoms with Crippen molar-refractivity contribution >= 4 is 17.7 Å². The van der Waals surface area contributed by atoms with Gasteiger partial charge in [-0.25, -0.2) is 5.84 Å². The molecule has 0 aliphatic heterocycles. The molecule has 4 heteroatoms. The maximum absolute atomic E-state index is 11.2. The quantitative estimate of drug-likeness (QED) is 0.452. The zero-order chi connectivity index (χ0) is 11.1. The Morgan fingerprint density at radius 1 is 1.40 bits per heavy atom. The topological polar surface area (TPSA) is 55.1 Å². The molecule has 0 atom stereocenters. The van der Waals surface area contributed by atoms with E-state index in [1.807, 2.05) is 30.0 Å². The van der Waals surface area contributed by atoms with Crippen molar-refractivity contribution < 1.29 is 4.79 Å². The van der Waals surface area contributed by atoms with Gasteiger partial charge in [0.15, 0.2) is 0 Å². The van der Waals surface area contributed by atoms with Crippen LogP contribution in [0.5, 0.6) is 0 Å². The number of hydrogen-bond acceptors (Lipinski definition) is 3. The van der Waals surface area contributed by atoms with Crippen LogP contribution in [-0.4, -0.2) is 11.7 Å². The molecular weight excluding hydrogens is 208 g/mol. The highest BCUT2D eigenvalue weighted by Gasteiger charge is 2.05. The molecule has 0 aliphatic carbocycles.